The van der Waals surface area contributed by atoms with Gasteiger partial charge in [-0.2, -0.15) is 5.10 Å². The number of aliphatic imine (C=N–C) groups is 1. The van der Waals surface area contributed by atoms with E-state index in [0.29, 0.717) is 12.1 Å². The zero-order valence-corrected chi connectivity index (χ0v) is 9.25. The summed E-state index contributed by atoms with van der Waals surface area (Å²) in [5.41, 5.74) is 2.42. The van der Waals surface area contributed by atoms with Crippen LogP contribution in [0, 0.1) is 0 Å². The quantitative estimate of drug-likeness (QED) is 0.848. The van der Waals surface area contributed by atoms with Crippen molar-refractivity contribution < 1.29 is 0 Å². The van der Waals surface area contributed by atoms with Gasteiger partial charge in [0.05, 0.1) is 17.8 Å². The zero-order valence-electron chi connectivity index (χ0n) is 8.43. The Hall–Kier alpha value is -1.75. The molecule has 0 bridgehead atoms. The van der Waals surface area contributed by atoms with Crippen molar-refractivity contribution >= 4 is 17.6 Å². The van der Waals surface area contributed by atoms with E-state index < -0.39 is 0 Å². The predicted molar refractivity (Wildman–Crippen MR) is 63.3 cm³/mol. The normalized spacial score (nSPS) is 13.0. The minimum absolute atomic E-state index is 0.147. The molecule has 1 N–H and O–H groups in total. The molecular formula is C11H9N3OS. The number of fused-ring (bicyclic) bond motifs is 1. The Morgan fingerprint density at radius 1 is 1.50 bits per heavy atom. The lowest BCUT2D eigenvalue weighted by Gasteiger charge is -2.03. The van der Waals surface area contributed by atoms with Gasteiger partial charge in [-0.25, -0.2) is 5.10 Å². The molecule has 3 heterocycles. The van der Waals surface area contributed by atoms with Crippen LogP contribution in [0.5, 0.6) is 0 Å². The van der Waals surface area contributed by atoms with Crippen molar-refractivity contribution in [2.45, 2.75) is 13.0 Å². The molecule has 0 amide bonds. The highest BCUT2D eigenvalue weighted by molar-refractivity contribution is 7.09. The summed E-state index contributed by atoms with van der Waals surface area (Å²) < 4.78 is 0. The Morgan fingerprint density at radius 3 is 3.25 bits per heavy atom. The van der Waals surface area contributed by atoms with Gasteiger partial charge in [0.2, 0.25) is 0 Å². The fourth-order valence-corrected chi connectivity index (χ4v) is 2.51. The molecule has 0 aromatic carbocycles. The molecule has 16 heavy (non-hydrogen) atoms. The first-order valence-electron chi connectivity index (χ1n) is 4.97. The Balaban J connectivity index is 2.04. The van der Waals surface area contributed by atoms with Crippen LogP contribution in [0.1, 0.15) is 21.7 Å². The Morgan fingerprint density at radius 2 is 2.44 bits per heavy atom. The summed E-state index contributed by atoms with van der Waals surface area (Å²) in [6, 6.07) is 4.09. The highest BCUT2D eigenvalue weighted by atomic mass is 32.1. The summed E-state index contributed by atoms with van der Waals surface area (Å²) in [4.78, 5) is 16.8. The number of hydrogen-bond acceptors (Lipinski definition) is 4. The van der Waals surface area contributed by atoms with Gasteiger partial charge in [0, 0.05) is 23.1 Å². The van der Waals surface area contributed by atoms with Crippen LogP contribution in [0.2, 0.25) is 0 Å². The third kappa shape index (κ3) is 1.49. The number of nitrogens with zero attached hydrogens (tertiary/aromatic N) is 2. The molecule has 2 aromatic heterocycles. The highest BCUT2D eigenvalue weighted by Gasteiger charge is 2.16. The first kappa shape index (κ1) is 9.47. The van der Waals surface area contributed by atoms with E-state index in [9.17, 15) is 4.79 Å². The topological polar surface area (TPSA) is 58.1 Å². The van der Waals surface area contributed by atoms with Gasteiger partial charge >= 0.3 is 0 Å². The SMILES string of the molecule is O=c1[nH]nc(Cc2cccs2)c2c1C=NC2. The minimum atomic E-state index is -0.147. The van der Waals surface area contributed by atoms with Gasteiger partial charge < -0.3 is 0 Å². The summed E-state index contributed by atoms with van der Waals surface area (Å²) in [6.07, 6.45) is 2.40. The molecule has 4 nitrogen and oxygen atoms in total. The second kappa shape index (κ2) is 3.68. The van der Waals surface area contributed by atoms with Crippen molar-refractivity contribution in [2.75, 3.05) is 0 Å². The summed E-state index contributed by atoms with van der Waals surface area (Å²) in [7, 11) is 0. The van der Waals surface area contributed by atoms with Gasteiger partial charge in [-0.3, -0.25) is 9.79 Å². The molecule has 0 radical (unpaired) electrons. The van der Waals surface area contributed by atoms with Crippen LogP contribution in [-0.4, -0.2) is 16.4 Å². The van der Waals surface area contributed by atoms with Crippen molar-refractivity contribution in [2.24, 2.45) is 4.99 Å². The number of thiophene rings is 1. The van der Waals surface area contributed by atoms with Crippen LogP contribution in [0.3, 0.4) is 0 Å². The molecule has 3 rings (SSSR count). The standard InChI is InChI=1S/C11H9N3OS/c15-11-9-6-12-5-8(9)10(13-14-11)4-7-2-1-3-16-7/h1-3,6H,4-5H2,(H,14,15). The first-order valence-corrected chi connectivity index (χ1v) is 5.85. The Bertz CT molecular complexity index is 598. The lowest BCUT2D eigenvalue weighted by atomic mass is 10.1. The molecule has 0 spiro atoms. The van der Waals surface area contributed by atoms with Crippen LogP contribution in [0.15, 0.2) is 27.3 Å². The maximum atomic E-state index is 11.5. The van der Waals surface area contributed by atoms with Crippen molar-refractivity contribution in [1.29, 1.82) is 0 Å². The van der Waals surface area contributed by atoms with E-state index in [4.69, 9.17) is 0 Å². The molecule has 5 heteroatoms. The molecular weight excluding hydrogens is 222 g/mol. The third-order valence-electron chi connectivity index (χ3n) is 2.60. The van der Waals surface area contributed by atoms with Gasteiger partial charge in [-0.15, -0.1) is 11.3 Å². The van der Waals surface area contributed by atoms with E-state index in [2.05, 4.69) is 21.3 Å². The number of rotatable bonds is 2. The second-order valence-corrected chi connectivity index (χ2v) is 4.65. The number of nitrogens with one attached hydrogen (secondary N) is 1. The third-order valence-corrected chi connectivity index (χ3v) is 3.48. The second-order valence-electron chi connectivity index (χ2n) is 3.62. The molecule has 2 aromatic rings. The number of hydrogen-bond donors (Lipinski definition) is 1. The smallest absolute Gasteiger partial charge is 0.273 e. The average Bonchev–Trinajstić information content (AvgIpc) is 2.92. The van der Waals surface area contributed by atoms with E-state index >= 15 is 0 Å². The van der Waals surface area contributed by atoms with Gasteiger partial charge in [0.25, 0.3) is 5.56 Å². The molecule has 0 atom stereocenters. The molecule has 0 aliphatic carbocycles. The van der Waals surface area contributed by atoms with E-state index in [1.54, 1.807) is 17.6 Å². The number of aromatic amines is 1. The van der Waals surface area contributed by atoms with Gasteiger partial charge in [0.1, 0.15) is 0 Å². The van der Waals surface area contributed by atoms with Gasteiger partial charge in [-0.1, -0.05) is 6.07 Å². The summed E-state index contributed by atoms with van der Waals surface area (Å²) in [5, 5.41) is 8.67. The van der Waals surface area contributed by atoms with Crippen LogP contribution in [0.4, 0.5) is 0 Å². The number of H-pyrrole nitrogens is 1. The van der Waals surface area contributed by atoms with Crippen LogP contribution in [-0.2, 0) is 13.0 Å². The van der Waals surface area contributed by atoms with Crippen molar-refractivity contribution in [3.8, 4) is 0 Å². The highest BCUT2D eigenvalue weighted by Crippen LogP contribution is 2.19. The molecule has 80 valence electrons. The number of aromatic nitrogens is 2. The maximum absolute atomic E-state index is 11.5. The van der Waals surface area contributed by atoms with E-state index in [0.717, 1.165) is 17.7 Å². The van der Waals surface area contributed by atoms with Crippen molar-refractivity contribution in [3.05, 3.63) is 49.6 Å². The summed E-state index contributed by atoms with van der Waals surface area (Å²) >= 11 is 1.69. The van der Waals surface area contributed by atoms with Gasteiger partial charge in [-0.05, 0) is 11.4 Å². The van der Waals surface area contributed by atoms with Crippen LogP contribution < -0.4 is 5.56 Å². The van der Waals surface area contributed by atoms with Crippen LogP contribution in [0.25, 0.3) is 0 Å². The zero-order chi connectivity index (χ0) is 11.0. The molecule has 0 saturated carbocycles. The predicted octanol–water partition coefficient (Wildman–Crippen LogP) is 1.35. The lowest BCUT2D eigenvalue weighted by Crippen LogP contribution is -2.17. The largest absolute Gasteiger partial charge is 0.287 e. The monoisotopic (exact) mass is 231 g/mol. The summed E-state index contributed by atoms with van der Waals surface area (Å²) in [6.45, 7) is 0.576. The Kier molecular flexibility index (Phi) is 2.18. The van der Waals surface area contributed by atoms with Crippen molar-refractivity contribution in [1.82, 2.24) is 10.2 Å². The summed E-state index contributed by atoms with van der Waals surface area (Å²) in [5.74, 6) is 0. The molecule has 1 aliphatic rings. The van der Waals surface area contributed by atoms with E-state index in [-0.39, 0.29) is 5.56 Å². The Labute approximate surface area is 95.7 Å². The molecule has 0 saturated heterocycles. The first-order chi connectivity index (χ1) is 7.84. The molecule has 1 aliphatic heterocycles. The van der Waals surface area contributed by atoms with Crippen LogP contribution >= 0.6 is 11.3 Å². The van der Waals surface area contributed by atoms with Gasteiger partial charge in [0.15, 0.2) is 0 Å². The average molecular weight is 231 g/mol. The fourth-order valence-electron chi connectivity index (χ4n) is 1.80. The maximum Gasteiger partial charge on any atom is 0.273 e. The molecule has 0 unspecified atom stereocenters. The van der Waals surface area contributed by atoms with E-state index in [1.807, 2.05) is 11.4 Å². The van der Waals surface area contributed by atoms with Crippen molar-refractivity contribution in [3.63, 3.8) is 0 Å². The minimum Gasteiger partial charge on any atom is -0.287 e. The fraction of sp³-hybridized carbons (Fsp3) is 0.182. The molecule has 0 fully saturated rings. The van der Waals surface area contributed by atoms with E-state index in [1.165, 1.54) is 4.88 Å². The lowest BCUT2D eigenvalue weighted by molar-refractivity contribution is 0.878.